The lowest BCUT2D eigenvalue weighted by atomic mass is 10.6. The van der Waals surface area contributed by atoms with Crippen molar-refractivity contribution < 1.29 is 13.2 Å². The third-order valence-electron chi connectivity index (χ3n) is 0.994. The molecule has 0 unspecified atom stereocenters. The molecular formula is C7H12F3N3. The maximum absolute atomic E-state index is 11.7. The number of aliphatic imine (C=N–C) groups is 2. The van der Waals surface area contributed by atoms with Gasteiger partial charge in [-0.2, -0.15) is 13.2 Å². The van der Waals surface area contributed by atoms with Crippen LogP contribution in [0.2, 0.25) is 0 Å². The van der Waals surface area contributed by atoms with Crippen LogP contribution in [0.25, 0.3) is 0 Å². The number of guanidine groups is 1. The Hall–Kier alpha value is -1.07. The van der Waals surface area contributed by atoms with Crippen LogP contribution in [0.4, 0.5) is 13.2 Å². The molecule has 0 bridgehead atoms. The van der Waals surface area contributed by atoms with Gasteiger partial charge in [0.2, 0.25) is 5.96 Å². The molecule has 0 aromatic heterocycles. The summed E-state index contributed by atoms with van der Waals surface area (Å²) in [5, 5.41) is 2.61. The molecule has 0 aliphatic heterocycles. The normalized spacial score (nSPS) is 13.8. The zero-order valence-electron chi connectivity index (χ0n) is 7.52. The van der Waals surface area contributed by atoms with Gasteiger partial charge in [0.1, 0.15) is 6.54 Å². The fraction of sp³-hybridized carbons (Fsp3) is 0.714. The van der Waals surface area contributed by atoms with Crippen molar-refractivity contribution in [2.75, 3.05) is 13.1 Å². The number of hydrogen-bond acceptors (Lipinski definition) is 1. The summed E-state index contributed by atoms with van der Waals surface area (Å²) in [7, 11) is 0. The van der Waals surface area contributed by atoms with Gasteiger partial charge in [0.25, 0.3) is 0 Å². The van der Waals surface area contributed by atoms with Gasteiger partial charge in [-0.25, -0.2) is 9.98 Å². The van der Waals surface area contributed by atoms with Crippen molar-refractivity contribution in [2.24, 2.45) is 9.98 Å². The maximum atomic E-state index is 11.7. The van der Waals surface area contributed by atoms with Crippen molar-refractivity contribution in [3.63, 3.8) is 0 Å². The molecule has 0 radical (unpaired) electrons. The van der Waals surface area contributed by atoms with Gasteiger partial charge in [-0.3, -0.25) is 0 Å². The molecule has 0 amide bonds. The molecule has 0 spiro atoms. The summed E-state index contributed by atoms with van der Waals surface area (Å²) in [4.78, 5) is 6.89. The Morgan fingerprint density at radius 1 is 1.46 bits per heavy atom. The lowest BCUT2D eigenvalue weighted by Gasteiger charge is -2.04. The Bertz CT molecular complexity index is 196. The Morgan fingerprint density at radius 2 is 2.08 bits per heavy atom. The number of halogens is 3. The lowest BCUT2D eigenvalue weighted by Crippen LogP contribution is -2.23. The molecule has 13 heavy (non-hydrogen) atoms. The molecule has 1 N–H and O–H groups in total. The predicted molar refractivity (Wildman–Crippen MR) is 46.2 cm³/mol. The largest absolute Gasteiger partial charge is 0.408 e. The van der Waals surface area contributed by atoms with Gasteiger partial charge >= 0.3 is 6.18 Å². The topological polar surface area (TPSA) is 36.8 Å². The van der Waals surface area contributed by atoms with Crippen LogP contribution in [0.1, 0.15) is 13.8 Å². The van der Waals surface area contributed by atoms with Crippen molar-refractivity contribution >= 4 is 12.2 Å². The molecule has 0 aliphatic carbocycles. The first-order chi connectivity index (χ1) is 5.99. The van der Waals surface area contributed by atoms with Gasteiger partial charge in [-0.1, -0.05) is 0 Å². The van der Waals surface area contributed by atoms with Gasteiger partial charge in [-0.15, -0.1) is 0 Å². The van der Waals surface area contributed by atoms with E-state index in [-0.39, 0.29) is 5.96 Å². The zero-order chi connectivity index (χ0) is 10.3. The van der Waals surface area contributed by atoms with E-state index in [4.69, 9.17) is 0 Å². The molecule has 0 aliphatic rings. The second kappa shape index (κ2) is 5.55. The minimum atomic E-state index is -4.27. The second-order valence-electron chi connectivity index (χ2n) is 2.17. The average Bonchev–Trinajstić information content (AvgIpc) is 2.00. The first kappa shape index (κ1) is 11.9. The number of nitrogens with zero attached hydrogens (tertiary/aromatic N) is 2. The van der Waals surface area contributed by atoms with Crippen LogP contribution in [0, 0.1) is 0 Å². The maximum Gasteiger partial charge on any atom is 0.408 e. The quantitative estimate of drug-likeness (QED) is 0.527. The van der Waals surface area contributed by atoms with E-state index in [0.717, 1.165) is 0 Å². The minimum absolute atomic E-state index is 0.0160. The summed E-state index contributed by atoms with van der Waals surface area (Å²) in [6.45, 7) is 2.66. The average molecular weight is 195 g/mol. The molecule has 0 atom stereocenters. The van der Waals surface area contributed by atoms with Gasteiger partial charge in [-0.05, 0) is 13.8 Å². The van der Waals surface area contributed by atoms with Crippen LogP contribution in [-0.2, 0) is 0 Å². The van der Waals surface area contributed by atoms with Crippen LogP contribution >= 0.6 is 0 Å². The van der Waals surface area contributed by atoms with E-state index in [1.165, 1.54) is 6.21 Å². The first-order valence-corrected chi connectivity index (χ1v) is 3.83. The summed E-state index contributed by atoms with van der Waals surface area (Å²) >= 11 is 0. The molecule has 0 aromatic carbocycles. The summed E-state index contributed by atoms with van der Waals surface area (Å²) in [6, 6.07) is 0. The number of hydrogen-bond donors (Lipinski definition) is 1. The molecule has 6 heteroatoms. The second-order valence-corrected chi connectivity index (χ2v) is 2.17. The summed E-state index contributed by atoms with van der Waals surface area (Å²) in [5.41, 5.74) is 0. The zero-order valence-corrected chi connectivity index (χ0v) is 7.52. The third kappa shape index (κ3) is 7.30. The fourth-order valence-corrected chi connectivity index (χ4v) is 0.587. The molecule has 0 fully saturated rings. The van der Waals surface area contributed by atoms with E-state index in [0.29, 0.717) is 6.54 Å². The Kier molecular flexibility index (Phi) is 5.10. The van der Waals surface area contributed by atoms with Crippen LogP contribution in [0.5, 0.6) is 0 Å². The fourth-order valence-electron chi connectivity index (χ4n) is 0.587. The van der Waals surface area contributed by atoms with Gasteiger partial charge in [0.05, 0.1) is 0 Å². The number of alkyl halides is 3. The van der Waals surface area contributed by atoms with Crippen LogP contribution in [0.3, 0.4) is 0 Å². The standard InChI is InChI=1S/C7H12F3N3/c1-3-11-6(12-4-2)13-5-7(8,9)10/h3H,4-5H2,1-2H3,(H,12,13). The molecule has 0 heterocycles. The SMILES string of the molecule is CC=NC(=NCC(F)(F)F)NCC. The Labute approximate surface area is 74.8 Å². The van der Waals surface area contributed by atoms with E-state index in [1.54, 1.807) is 13.8 Å². The van der Waals surface area contributed by atoms with Gasteiger partial charge in [0.15, 0.2) is 0 Å². The highest BCUT2D eigenvalue weighted by Gasteiger charge is 2.26. The third-order valence-corrected chi connectivity index (χ3v) is 0.994. The Morgan fingerprint density at radius 3 is 2.46 bits per heavy atom. The highest BCUT2D eigenvalue weighted by Crippen LogP contribution is 2.14. The van der Waals surface area contributed by atoms with Gasteiger partial charge in [0, 0.05) is 12.8 Å². The van der Waals surface area contributed by atoms with E-state index in [9.17, 15) is 13.2 Å². The minimum Gasteiger partial charge on any atom is -0.355 e. The molecular weight excluding hydrogens is 183 g/mol. The molecule has 0 rings (SSSR count). The summed E-state index contributed by atoms with van der Waals surface area (Å²) in [6.07, 6.45) is -2.89. The smallest absolute Gasteiger partial charge is 0.355 e. The van der Waals surface area contributed by atoms with Crippen LogP contribution in [0.15, 0.2) is 9.98 Å². The van der Waals surface area contributed by atoms with E-state index < -0.39 is 12.7 Å². The van der Waals surface area contributed by atoms with Crippen molar-refractivity contribution in [1.82, 2.24) is 5.32 Å². The summed E-state index contributed by atoms with van der Waals surface area (Å²) < 4.78 is 35.1. The first-order valence-electron chi connectivity index (χ1n) is 3.83. The van der Waals surface area contributed by atoms with Crippen molar-refractivity contribution in [2.45, 2.75) is 20.0 Å². The number of rotatable bonds is 2. The van der Waals surface area contributed by atoms with Crippen molar-refractivity contribution in [1.29, 1.82) is 0 Å². The molecule has 3 nitrogen and oxygen atoms in total. The lowest BCUT2D eigenvalue weighted by molar-refractivity contribution is -0.118. The predicted octanol–water partition coefficient (Wildman–Crippen LogP) is 1.60. The van der Waals surface area contributed by atoms with Crippen molar-refractivity contribution in [3.05, 3.63) is 0 Å². The summed E-state index contributed by atoms with van der Waals surface area (Å²) in [5.74, 6) is 0.0160. The van der Waals surface area contributed by atoms with Crippen LogP contribution < -0.4 is 5.32 Å². The molecule has 0 aromatic rings. The highest BCUT2D eigenvalue weighted by atomic mass is 19.4. The van der Waals surface area contributed by atoms with Crippen LogP contribution in [-0.4, -0.2) is 31.4 Å². The van der Waals surface area contributed by atoms with Crippen molar-refractivity contribution in [3.8, 4) is 0 Å². The van der Waals surface area contributed by atoms with E-state index in [1.807, 2.05) is 0 Å². The number of nitrogens with one attached hydrogen (secondary N) is 1. The Balaban J connectivity index is 4.19. The molecule has 0 saturated heterocycles. The van der Waals surface area contributed by atoms with E-state index >= 15 is 0 Å². The highest BCUT2D eigenvalue weighted by molar-refractivity contribution is 5.87. The van der Waals surface area contributed by atoms with Gasteiger partial charge < -0.3 is 5.32 Å². The molecule has 76 valence electrons. The van der Waals surface area contributed by atoms with E-state index in [2.05, 4.69) is 15.3 Å². The monoisotopic (exact) mass is 195 g/mol. The molecule has 0 saturated carbocycles.